The SMILES string of the molecule is Nc1c(O)c2cc(Cl)c(F)cc2[nH]c1=O. The molecule has 1 heterocycles. The first-order valence-corrected chi connectivity index (χ1v) is 4.38. The fourth-order valence-corrected chi connectivity index (χ4v) is 1.45. The highest BCUT2D eigenvalue weighted by Crippen LogP contribution is 2.29. The molecule has 6 heteroatoms. The number of nitrogens with one attached hydrogen (secondary N) is 1. The average Bonchev–Trinajstić information content (AvgIpc) is 2.19. The Morgan fingerprint density at radius 2 is 2.13 bits per heavy atom. The lowest BCUT2D eigenvalue weighted by Gasteiger charge is -2.04. The van der Waals surface area contributed by atoms with Crippen molar-refractivity contribution in [2.24, 2.45) is 0 Å². The fraction of sp³-hybridized carbons (Fsp3) is 0. The molecule has 0 radical (unpaired) electrons. The van der Waals surface area contributed by atoms with Gasteiger partial charge >= 0.3 is 0 Å². The second kappa shape index (κ2) is 3.13. The summed E-state index contributed by atoms with van der Waals surface area (Å²) < 4.78 is 13.0. The molecule has 4 N–H and O–H groups in total. The summed E-state index contributed by atoms with van der Waals surface area (Å²) in [7, 11) is 0. The van der Waals surface area contributed by atoms with Gasteiger partial charge in [0.2, 0.25) is 0 Å². The fourth-order valence-electron chi connectivity index (χ4n) is 1.29. The predicted octanol–water partition coefficient (Wildman–Crippen LogP) is 1.61. The highest BCUT2D eigenvalue weighted by molar-refractivity contribution is 6.31. The first kappa shape index (κ1) is 9.79. The van der Waals surface area contributed by atoms with E-state index in [1.54, 1.807) is 0 Å². The van der Waals surface area contributed by atoms with Crippen LogP contribution in [0.2, 0.25) is 5.02 Å². The normalized spacial score (nSPS) is 10.8. The van der Waals surface area contributed by atoms with E-state index in [-0.39, 0.29) is 21.6 Å². The number of anilines is 1. The van der Waals surface area contributed by atoms with Crippen LogP contribution in [0.3, 0.4) is 0 Å². The lowest BCUT2D eigenvalue weighted by molar-refractivity contribution is 0.483. The molecule has 0 aliphatic carbocycles. The van der Waals surface area contributed by atoms with E-state index in [1.165, 1.54) is 6.07 Å². The Bertz CT molecular complexity index is 609. The first-order chi connectivity index (χ1) is 7.00. The Hall–Kier alpha value is -1.75. The molecular weight excluding hydrogens is 223 g/mol. The van der Waals surface area contributed by atoms with Gasteiger partial charge in [-0.2, -0.15) is 0 Å². The monoisotopic (exact) mass is 228 g/mol. The van der Waals surface area contributed by atoms with E-state index in [4.69, 9.17) is 17.3 Å². The molecule has 0 unspecified atom stereocenters. The molecule has 0 amide bonds. The number of pyridine rings is 1. The van der Waals surface area contributed by atoms with Gasteiger partial charge in [0.15, 0.2) is 5.75 Å². The summed E-state index contributed by atoms with van der Waals surface area (Å²) in [5, 5.41) is 9.59. The zero-order valence-corrected chi connectivity index (χ0v) is 8.10. The Labute approximate surface area is 88.1 Å². The van der Waals surface area contributed by atoms with Crippen molar-refractivity contribution < 1.29 is 9.50 Å². The number of aromatic amines is 1. The third kappa shape index (κ3) is 1.41. The van der Waals surface area contributed by atoms with Crippen LogP contribution in [0.15, 0.2) is 16.9 Å². The number of hydrogen-bond acceptors (Lipinski definition) is 3. The van der Waals surface area contributed by atoms with E-state index in [1.807, 2.05) is 0 Å². The molecule has 0 bridgehead atoms. The van der Waals surface area contributed by atoms with Crippen LogP contribution in [0.5, 0.6) is 5.75 Å². The van der Waals surface area contributed by atoms with Gasteiger partial charge in [0, 0.05) is 5.39 Å². The molecule has 2 aromatic rings. The summed E-state index contributed by atoms with van der Waals surface area (Å²) in [4.78, 5) is 13.5. The Balaban J connectivity index is 3.00. The standard InChI is InChI=1S/C9H6ClFN2O2/c10-4-1-3-6(2-5(4)11)13-9(15)7(12)8(3)14/h1-2H,12H2,(H2,13,14,15). The minimum Gasteiger partial charge on any atom is -0.505 e. The van der Waals surface area contributed by atoms with Gasteiger partial charge < -0.3 is 15.8 Å². The highest BCUT2D eigenvalue weighted by Gasteiger charge is 2.11. The van der Waals surface area contributed by atoms with Gasteiger partial charge in [-0.1, -0.05) is 11.6 Å². The van der Waals surface area contributed by atoms with Gasteiger partial charge in [-0.3, -0.25) is 4.79 Å². The van der Waals surface area contributed by atoms with Crippen LogP contribution in [0.1, 0.15) is 0 Å². The number of rotatable bonds is 0. The number of aromatic hydroxyl groups is 1. The van der Waals surface area contributed by atoms with Crippen LogP contribution in [-0.4, -0.2) is 10.1 Å². The molecule has 0 atom stereocenters. The predicted molar refractivity (Wildman–Crippen MR) is 55.6 cm³/mol. The maximum atomic E-state index is 13.0. The maximum Gasteiger partial charge on any atom is 0.275 e. The van der Waals surface area contributed by atoms with Crippen molar-refractivity contribution in [2.45, 2.75) is 0 Å². The van der Waals surface area contributed by atoms with E-state index >= 15 is 0 Å². The molecule has 2 rings (SSSR count). The van der Waals surface area contributed by atoms with Crippen molar-refractivity contribution in [2.75, 3.05) is 5.73 Å². The van der Waals surface area contributed by atoms with Crippen LogP contribution in [-0.2, 0) is 0 Å². The third-order valence-corrected chi connectivity index (χ3v) is 2.35. The van der Waals surface area contributed by atoms with Crippen molar-refractivity contribution in [1.29, 1.82) is 0 Å². The van der Waals surface area contributed by atoms with Crippen LogP contribution in [0.4, 0.5) is 10.1 Å². The average molecular weight is 229 g/mol. The summed E-state index contributed by atoms with van der Waals surface area (Å²) in [5.74, 6) is -1.07. The summed E-state index contributed by atoms with van der Waals surface area (Å²) in [6.45, 7) is 0. The molecule has 0 saturated heterocycles. The van der Waals surface area contributed by atoms with E-state index < -0.39 is 17.1 Å². The van der Waals surface area contributed by atoms with Gasteiger partial charge in [0.25, 0.3) is 5.56 Å². The summed E-state index contributed by atoms with van der Waals surface area (Å²) in [6.07, 6.45) is 0. The van der Waals surface area contributed by atoms with Crippen LogP contribution in [0, 0.1) is 5.82 Å². The van der Waals surface area contributed by atoms with Gasteiger partial charge in [-0.25, -0.2) is 4.39 Å². The van der Waals surface area contributed by atoms with E-state index in [0.717, 1.165) is 6.07 Å². The van der Waals surface area contributed by atoms with E-state index in [0.29, 0.717) is 0 Å². The summed E-state index contributed by atoms with van der Waals surface area (Å²) in [6, 6.07) is 2.23. The zero-order valence-electron chi connectivity index (χ0n) is 7.34. The van der Waals surface area contributed by atoms with Crippen LogP contribution >= 0.6 is 11.6 Å². The van der Waals surface area contributed by atoms with Crippen molar-refractivity contribution in [1.82, 2.24) is 4.98 Å². The molecule has 0 aliphatic rings. The molecule has 4 nitrogen and oxygen atoms in total. The zero-order chi connectivity index (χ0) is 11.2. The molecule has 78 valence electrons. The van der Waals surface area contributed by atoms with E-state index in [2.05, 4.69) is 4.98 Å². The number of benzene rings is 1. The number of aromatic nitrogens is 1. The minimum absolute atomic E-state index is 0.147. The number of H-pyrrole nitrogens is 1. The Morgan fingerprint density at radius 1 is 1.47 bits per heavy atom. The second-order valence-corrected chi connectivity index (χ2v) is 3.44. The molecule has 1 aromatic heterocycles. The number of nitrogen functional groups attached to an aromatic ring is 1. The largest absolute Gasteiger partial charge is 0.505 e. The molecule has 15 heavy (non-hydrogen) atoms. The van der Waals surface area contributed by atoms with Crippen LogP contribution < -0.4 is 11.3 Å². The van der Waals surface area contributed by atoms with Gasteiger partial charge in [0.1, 0.15) is 11.5 Å². The number of hydrogen-bond donors (Lipinski definition) is 3. The Morgan fingerprint density at radius 3 is 2.80 bits per heavy atom. The molecule has 0 fully saturated rings. The van der Waals surface area contributed by atoms with Gasteiger partial charge in [-0.05, 0) is 12.1 Å². The summed E-state index contributed by atoms with van der Waals surface area (Å²) >= 11 is 5.53. The van der Waals surface area contributed by atoms with E-state index in [9.17, 15) is 14.3 Å². The van der Waals surface area contributed by atoms with Crippen molar-refractivity contribution >= 4 is 28.2 Å². The van der Waals surface area contributed by atoms with Gasteiger partial charge in [0.05, 0.1) is 10.5 Å². The molecule has 0 aliphatic heterocycles. The second-order valence-electron chi connectivity index (χ2n) is 3.03. The van der Waals surface area contributed by atoms with Crippen LogP contribution in [0.25, 0.3) is 10.9 Å². The van der Waals surface area contributed by atoms with Crippen molar-refractivity contribution in [3.63, 3.8) is 0 Å². The topological polar surface area (TPSA) is 79.1 Å². The molecule has 0 spiro atoms. The van der Waals surface area contributed by atoms with Gasteiger partial charge in [-0.15, -0.1) is 0 Å². The number of halogens is 2. The number of fused-ring (bicyclic) bond motifs is 1. The maximum absolute atomic E-state index is 13.0. The quantitative estimate of drug-likeness (QED) is 0.641. The first-order valence-electron chi connectivity index (χ1n) is 4.00. The Kier molecular flexibility index (Phi) is 2.04. The molecule has 0 saturated carbocycles. The summed E-state index contributed by atoms with van der Waals surface area (Å²) in [5.41, 5.74) is 4.47. The molecule has 1 aromatic carbocycles. The van der Waals surface area contributed by atoms with Crippen molar-refractivity contribution in [3.05, 3.63) is 33.3 Å². The minimum atomic E-state index is -0.677. The highest BCUT2D eigenvalue weighted by atomic mass is 35.5. The lowest BCUT2D eigenvalue weighted by atomic mass is 10.2. The molecular formula is C9H6ClFN2O2. The number of nitrogens with two attached hydrogens (primary N) is 1. The smallest absolute Gasteiger partial charge is 0.275 e. The lowest BCUT2D eigenvalue weighted by Crippen LogP contribution is -2.11. The third-order valence-electron chi connectivity index (χ3n) is 2.06. The van der Waals surface area contributed by atoms with Crippen molar-refractivity contribution in [3.8, 4) is 5.75 Å².